The molecule has 0 saturated heterocycles. The molecule has 0 saturated carbocycles. The fraction of sp³-hybridized carbons (Fsp3) is 0.273. The van der Waals surface area contributed by atoms with Crippen LogP contribution >= 0.6 is 0 Å². The summed E-state index contributed by atoms with van der Waals surface area (Å²) in [5.74, 6) is 0.816. The molecule has 0 bridgehead atoms. The standard InChI is InChI=1S/C22H24NO2/c1-16(2)13-18(14-17-7-4-3-5-8-17)15-23-22(24)20-9-6-10-21-19(20)11-12-25-21/h3-12,14,16,18H,13,15H2,1-2H3,(H,23,24). The van der Waals surface area contributed by atoms with Crippen molar-refractivity contribution in [1.29, 1.82) is 0 Å². The Morgan fingerprint density at radius 2 is 1.88 bits per heavy atom. The molecule has 0 fully saturated rings. The topological polar surface area (TPSA) is 42.2 Å². The summed E-state index contributed by atoms with van der Waals surface area (Å²) in [5.41, 5.74) is 2.59. The number of hydrogen-bond donors (Lipinski definition) is 1. The van der Waals surface area contributed by atoms with E-state index in [0.29, 0.717) is 23.9 Å². The van der Waals surface area contributed by atoms with Crippen LogP contribution in [-0.4, -0.2) is 12.5 Å². The maximum Gasteiger partial charge on any atom is 0.252 e. The molecule has 0 aliphatic rings. The molecule has 25 heavy (non-hydrogen) atoms. The average molecular weight is 334 g/mol. The number of carbonyl (C=O) groups excluding carboxylic acids is 1. The highest BCUT2D eigenvalue weighted by molar-refractivity contribution is 6.05. The Bertz CT molecular complexity index is 820. The van der Waals surface area contributed by atoms with Crippen LogP contribution in [0.15, 0.2) is 65.3 Å². The van der Waals surface area contributed by atoms with Gasteiger partial charge in [-0.2, -0.15) is 0 Å². The minimum absolute atomic E-state index is 0.0535. The first-order valence-corrected chi connectivity index (χ1v) is 8.78. The monoisotopic (exact) mass is 334 g/mol. The van der Waals surface area contributed by atoms with Gasteiger partial charge in [-0.1, -0.05) is 50.2 Å². The molecular formula is C22H24NO2. The summed E-state index contributed by atoms with van der Waals surface area (Å²) in [7, 11) is 0. The Labute approximate surface area is 149 Å². The molecule has 1 amide bonds. The van der Waals surface area contributed by atoms with Gasteiger partial charge in [0.2, 0.25) is 0 Å². The lowest BCUT2D eigenvalue weighted by Crippen LogP contribution is -2.30. The molecule has 1 radical (unpaired) electrons. The zero-order chi connectivity index (χ0) is 17.6. The van der Waals surface area contributed by atoms with Crippen LogP contribution in [0.1, 0.15) is 36.2 Å². The number of amides is 1. The Morgan fingerprint density at radius 1 is 1.08 bits per heavy atom. The second-order valence-corrected chi connectivity index (χ2v) is 6.81. The van der Waals surface area contributed by atoms with Crippen molar-refractivity contribution in [2.75, 3.05) is 6.54 Å². The minimum atomic E-state index is -0.0535. The van der Waals surface area contributed by atoms with E-state index in [9.17, 15) is 4.79 Å². The Hall–Kier alpha value is -2.55. The second-order valence-electron chi connectivity index (χ2n) is 6.81. The van der Waals surface area contributed by atoms with Crippen molar-refractivity contribution in [3.05, 3.63) is 78.4 Å². The number of rotatable bonds is 7. The van der Waals surface area contributed by atoms with E-state index >= 15 is 0 Å². The summed E-state index contributed by atoms with van der Waals surface area (Å²) in [6.07, 6.45) is 4.90. The van der Waals surface area contributed by atoms with Crippen LogP contribution in [0.25, 0.3) is 11.0 Å². The number of nitrogens with one attached hydrogen (secondary N) is 1. The van der Waals surface area contributed by atoms with E-state index in [0.717, 1.165) is 17.4 Å². The van der Waals surface area contributed by atoms with Crippen LogP contribution in [0.4, 0.5) is 0 Å². The van der Waals surface area contributed by atoms with Gasteiger partial charge in [-0.15, -0.1) is 0 Å². The molecule has 1 atom stereocenters. The van der Waals surface area contributed by atoms with Gasteiger partial charge >= 0.3 is 0 Å². The van der Waals surface area contributed by atoms with Gasteiger partial charge in [-0.25, -0.2) is 0 Å². The van der Waals surface area contributed by atoms with Crippen LogP contribution in [0.3, 0.4) is 0 Å². The molecule has 3 rings (SSSR count). The third kappa shape index (κ3) is 4.50. The number of fused-ring (bicyclic) bond motifs is 1. The van der Waals surface area contributed by atoms with E-state index < -0.39 is 0 Å². The van der Waals surface area contributed by atoms with E-state index in [4.69, 9.17) is 4.42 Å². The quantitative estimate of drug-likeness (QED) is 0.655. The lowest BCUT2D eigenvalue weighted by molar-refractivity contribution is 0.0949. The second kappa shape index (κ2) is 8.02. The van der Waals surface area contributed by atoms with E-state index in [1.54, 1.807) is 6.26 Å². The average Bonchev–Trinajstić information content (AvgIpc) is 3.08. The lowest BCUT2D eigenvalue weighted by atomic mass is 9.91. The van der Waals surface area contributed by atoms with Crippen molar-refractivity contribution >= 4 is 16.9 Å². The molecule has 0 spiro atoms. The molecule has 3 heteroatoms. The van der Waals surface area contributed by atoms with Crippen molar-refractivity contribution in [2.24, 2.45) is 11.8 Å². The van der Waals surface area contributed by atoms with E-state index in [1.165, 1.54) is 5.56 Å². The third-order valence-corrected chi connectivity index (χ3v) is 4.27. The zero-order valence-electron chi connectivity index (χ0n) is 14.7. The normalized spacial score (nSPS) is 12.4. The summed E-state index contributed by atoms with van der Waals surface area (Å²) in [6, 6.07) is 17.7. The molecule has 2 aromatic carbocycles. The largest absolute Gasteiger partial charge is 0.464 e. The van der Waals surface area contributed by atoms with Crippen LogP contribution in [0.5, 0.6) is 0 Å². The predicted octanol–water partition coefficient (Wildman–Crippen LogP) is 5.08. The first kappa shape index (κ1) is 17.3. The van der Waals surface area contributed by atoms with Crippen molar-refractivity contribution in [3.8, 4) is 0 Å². The molecule has 0 aliphatic heterocycles. The van der Waals surface area contributed by atoms with Crippen LogP contribution < -0.4 is 5.32 Å². The van der Waals surface area contributed by atoms with Crippen molar-refractivity contribution < 1.29 is 9.21 Å². The summed E-state index contributed by atoms with van der Waals surface area (Å²) >= 11 is 0. The van der Waals surface area contributed by atoms with Gasteiger partial charge < -0.3 is 9.73 Å². The molecule has 3 nitrogen and oxygen atoms in total. The third-order valence-electron chi connectivity index (χ3n) is 4.27. The number of carbonyl (C=O) groups is 1. The molecule has 3 aromatic rings. The predicted molar refractivity (Wildman–Crippen MR) is 101 cm³/mol. The van der Waals surface area contributed by atoms with E-state index in [-0.39, 0.29) is 5.91 Å². The molecule has 1 N–H and O–H groups in total. The highest BCUT2D eigenvalue weighted by Gasteiger charge is 2.16. The first-order valence-electron chi connectivity index (χ1n) is 8.78. The lowest BCUT2D eigenvalue weighted by Gasteiger charge is -2.19. The highest BCUT2D eigenvalue weighted by Crippen LogP contribution is 2.21. The Kier molecular flexibility index (Phi) is 5.54. The molecule has 129 valence electrons. The zero-order valence-corrected chi connectivity index (χ0v) is 14.7. The Balaban J connectivity index is 1.67. The summed E-state index contributed by atoms with van der Waals surface area (Å²) in [6.45, 7) is 5.04. The molecule has 1 aromatic heterocycles. The molecule has 1 unspecified atom stereocenters. The van der Waals surface area contributed by atoms with Crippen molar-refractivity contribution in [2.45, 2.75) is 20.3 Å². The maximum absolute atomic E-state index is 12.6. The van der Waals surface area contributed by atoms with Gasteiger partial charge in [0.1, 0.15) is 5.58 Å². The number of furan rings is 1. The van der Waals surface area contributed by atoms with Gasteiger partial charge in [0.25, 0.3) is 5.91 Å². The van der Waals surface area contributed by atoms with Gasteiger partial charge in [-0.3, -0.25) is 4.79 Å². The first-order chi connectivity index (χ1) is 12.1. The molecule has 0 aliphatic carbocycles. The van der Waals surface area contributed by atoms with Gasteiger partial charge in [0, 0.05) is 11.9 Å². The van der Waals surface area contributed by atoms with Crippen molar-refractivity contribution in [3.63, 3.8) is 0 Å². The SMILES string of the molecule is CC(C)CC([CH]c1ccccc1)CNC(=O)c1cccc2occc12. The van der Waals surface area contributed by atoms with Crippen molar-refractivity contribution in [1.82, 2.24) is 5.32 Å². The fourth-order valence-electron chi connectivity index (χ4n) is 3.16. The Morgan fingerprint density at radius 3 is 2.64 bits per heavy atom. The summed E-state index contributed by atoms with van der Waals surface area (Å²) < 4.78 is 5.38. The van der Waals surface area contributed by atoms with Crippen LogP contribution in [0.2, 0.25) is 0 Å². The smallest absolute Gasteiger partial charge is 0.252 e. The summed E-state index contributed by atoms with van der Waals surface area (Å²) in [5, 5.41) is 3.95. The maximum atomic E-state index is 12.6. The number of benzene rings is 2. The van der Waals surface area contributed by atoms with Gasteiger partial charge in [0.15, 0.2) is 0 Å². The molecular weight excluding hydrogens is 310 g/mol. The minimum Gasteiger partial charge on any atom is -0.464 e. The van der Waals surface area contributed by atoms with Gasteiger partial charge in [0.05, 0.1) is 11.8 Å². The van der Waals surface area contributed by atoms with E-state index in [1.807, 2.05) is 42.5 Å². The molecule has 1 heterocycles. The van der Waals surface area contributed by atoms with Gasteiger partial charge in [-0.05, 0) is 48.4 Å². The number of hydrogen-bond acceptors (Lipinski definition) is 2. The van der Waals surface area contributed by atoms with Crippen LogP contribution in [-0.2, 0) is 0 Å². The summed E-state index contributed by atoms with van der Waals surface area (Å²) in [4.78, 5) is 12.6. The van der Waals surface area contributed by atoms with Crippen LogP contribution in [0, 0.1) is 18.3 Å². The fourth-order valence-corrected chi connectivity index (χ4v) is 3.16. The van der Waals surface area contributed by atoms with E-state index in [2.05, 4.69) is 37.7 Å². The highest BCUT2D eigenvalue weighted by atomic mass is 16.3.